The number of hydrogen-bond donors (Lipinski definition) is 1. The molecule has 2 heterocycles. The maximum Gasteiger partial charge on any atom is 0.324 e. The van der Waals surface area contributed by atoms with Crippen molar-refractivity contribution in [2.45, 2.75) is 18.4 Å². The number of likely N-dealkylation sites (N-methyl/N-ethyl adjacent to an activating group) is 1. The highest BCUT2D eigenvalue weighted by Gasteiger charge is 2.54. The molecule has 22 heavy (non-hydrogen) atoms. The van der Waals surface area contributed by atoms with Crippen LogP contribution in [0.25, 0.3) is 11.0 Å². The van der Waals surface area contributed by atoms with Gasteiger partial charge in [-0.3, -0.25) is 19.9 Å². The Morgan fingerprint density at radius 2 is 1.91 bits per heavy atom. The van der Waals surface area contributed by atoms with Crippen molar-refractivity contribution in [3.8, 4) is 0 Å². The van der Waals surface area contributed by atoms with Crippen LogP contribution in [-0.4, -0.2) is 45.7 Å². The van der Waals surface area contributed by atoms with Crippen molar-refractivity contribution < 1.29 is 14.4 Å². The molecule has 2 aliphatic rings. The summed E-state index contributed by atoms with van der Waals surface area (Å²) in [6.07, 6.45) is 2.98. The summed E-state index contributed by atoms with van der Waals surface area (Å²) in [5.74, 6) is -0.269. The largest absolute Gasteiger partial charge is 0.324 e. The lowest BCUT2D eigenvalue weighted by Gasteiger charge is -2.27. The summed E-state index contributed by atoms with van der Waals surface area (Å²) in [5.41, 5.74) is 2.65. The van der Waals surface area contributed by atoms with E-state index in [2.05, 4.69) is 15.3 Å². The summed E-state index contributed by atoms with van der Waals surface area (Å²) in [7, 11) is 1.63. The highest BCUT2D eigenvalue weighted by molar-refractivity contribution is 6.07. The SMILES string of the molecule is CN1C(=O)NC(=O)C12Cc1cc3ncc(C=O)nc3cc1C2. The molecule has 3 amide bonds. The van der Waals surface area contributed by atoms with E-state index < -0.39 is 5.54 Å². The monoisotopic (exact) mass is 296 g/mol. The quantitative estimate of drug-likeness (QED) is 0.609. The van der Waals surface area contributed by atoms with Gasteiger partial charge < -0.3 is 4.90 Å². The van der Waals surface area contributed by atoms with Gasteiger partial charge in [0.15, 0.2) is 6.29 Å². The summed E-state index contributed by atoms with van der Waals surface area (Å²) in [6.45, 7) is 0. The predicted molar refractivity (Wildman–Crippen MR) is 76.4 cm³/mol. The zero-order valence-electron chi connectivity index (χ0n) is 11.8. The van der Waals surface area contributed by atoms with Crippen LogP contribution >= 0.6 is 0 Å². The van der Waals surface area contributed by atoms with Crippen LogP contribution in [-0.2, 0) is 17.6 Å². The minimum absolute atomic E-state index is 0.269. The van der Waals surface area contributed by atoms with Crippen molar-refractivity contribution in [1.29, 1.82) is 0 Å². The molecule has 1 saturated heterocycles. The van der Waals surface area contributed by atoms with Gasteiger partial charge in [0.2, 0.25) is 0 Å². The molecule has 1 N–H and O–H groups in total. The molecule has 1 atom stereocenters. The zero-order chi connectivity index (χ0) is 15.5. The van der Waals surface area contributed by atoms with E-state index in [-0.39, 0.29) is 17.6 Å². The Balaban J connectivity index is 1.84. The van der Waals surface area contributed by atoms with Crippen LogP contribution in [0.3, 0.4) is 0 Å². The predicted octanol–water partition coefficient (Wildman–Crippen LogP) is 0.461. The number of hydrogen-bond acceptors (Lipinski definition) is 5. The smallest absolute Gasteiger partial charge is 0.312 e. The lowest BCUT2D eigenvalue weighted by molar-refractivity contribution is -0.125. The topological polar surface area (TPSA) is 92.3 Å². The Morgan fingerprint density at radius 1 is 1.23 bits per heavy atom. The van der Waals surface area contributed by atoms with E-state index >= 15 is 0 Å². The summed E-state index contributed by atoms with van der Waals surface area (Å²) < 4.78 is 0. The second kappa shape index (κ2) is 4.09. The number of nitrogens with zero attached hydrogens (tertiary/aromatic N) is 3. The van der Waals surface area contributed by atoms with Crippen LogP contribution < -0.4 is 5.32 Å². The first-order chi connectivity index (χ1) is 10.5. The van der Waals surface area contributed by atoms with Crippen LogP contribution in [0.1, 0.15) is 21.6 Å². The van der Waals surface area contributed by atoms with Gasteiger partial charge in [0, 0.05) is 19.9 Å². The number of benzene rings is 1. The zero-order valence-corrected chi connectivity index (χ0v) is 11.8. The molecule has 1 unspecified atom stereocenters. The Labute approximate surface area is 125 Å². The maximum atomic E-state index is 12.2. The van der Waals surface area contributed by atoms with E-state index in [4.69, 9.17) is 0 Å². The number of nitrogens with one attached hydrogen (secondary N) is 1. The molecule has 0 bridgehead atoms. The van der Waals surface area contributed by atoms with Crippen LogP contribution in [0.4, 0.5) is 4.79 Å². The minimum atomic E-state index is -0.857. The second-order valence-electron chi connectivity index (χ2n) is 5.73. The number of aromatic nitrogens is 2. The average Bonchev–Trinajstić information content (AvgIpc) is 2.98. The number of carbonyl (C=O) groups is 3. The summed E-state index contributed by atoms with van der Waals surface area (Å²) in [6, 6.07) is 3.36. The molecule has 0 radical (unpaired) electrons. The average molecular weight is 296 g/mol. The van der Waals surface area contributed by atoms with Gasteiger partial charge in [0.1, 0.15) is 11.2 Å². The number of urea groups is 1. The molecule has 7 nitrogen and oxygen atoms in total. The number of aldehydes is 1. The van der Waals surface area contributed by atoms with Crippen LogP contribution in [0, 0.1) is 0 Å². The molecule has 110 valence electrons. The van der Waals surface area contributed by atoms with E-state index in [0.29, 0.717) is 30.2 Å². The number of imide groups is 1. The molecule has 1 aliphatic carbocycles. The minimum Gasteiger partial charge on any atom is -0.312 e. The summed E-state index contributed by atoms with van der Waals surface area (Å²) in [4.78, 5) is 44.7. The van der Waals surface area contributed by atoms with Crippen molar-refractivity contribution in [1.82, 2.24) is 20.2 Å². The van der Waals surface area contributed by atoms with Crippen molar-refractivity contribution in [2.24, 2.45) is 0 Å². The highest BCUT2D eigenvalue weighted by atomic mass is 16.2. The van der Waals surface area contributed by atoms with E-state index in [0.717, 1.165) is 11.1 Å². The van der Waals surface area contributed by atoms with Gasteiger partial charge in [-0.05, 0) is 23.3 Å². The number of carbonyl (C=O) groups excluding carboxylic acids is 3. The molecule has 4 rings (SSSR count). The third-order valence-corrected chi connectivity index (χ3v) is 4.56. The van der Waals surface area contributed by atoms with E-state index in [9.17, 15) is 14.4 Å². The molecule has 2 aromatic rings. The Hall–Kier alpha value is -2.83. The fourth-order valence-electron chi connectivity index (χ4n) is 3.28. The van der Waals surface area contributed by atoms with E-state index in [1.54, 1.807) is 7.05 Å². The van der Waals surface area contributed by atoms with Crippen LogP contribution in [0.5, 0.6) is 0 Å². The molecule has 1 aromatic carbocycles. The molecule has 7 heteroatoms. The first kappa shape index (κ1) is 12.9. The van der Waals surface area contributed by atoms with Gasteiger partial charge in [-0.25, -0.2) is 9.78 Å². The van der Waals surface area contributed by atoms with Crippen molar-refractivity contribution in [3.05, 3.63) is 35.2 Å². The van der Waals surface area contributed by atoms with Gasteiger partial charge in [-0.1, -0.05) is 0 Å². The first-order valence-corrected chi connectivity index (χ1v) is 6.86. The number of amides is 3. The summed E-state index contributed by atoms with van der Waals surface area (Å²) in [5, 5.41) is 2.36. The molecular formula is C15H12N4O3. The molecule has 1 aliphatic heterocycles. The van der Waals surface area contributed by atoms with Gasteiger partial charge in [0.25, 0.3) is 5.91 Å². The molecular weight excluding hydrogens is 284 g/mol. The summed E-state index contributed by atoms with van der Waals surface area (Å²) >= 11 is 0. The third-order valence-electron chi connectivity index (χ3n) is 4.56. The maximum absolute atomic E-state index is 12.2. The van der Waals surface area contributed by atoms with Crippen molar-refractivity contribution in [3.63, 3.8) is 0 Å². The van der Waals surface area contributed by atoms with Gasteiger partial charge in [0.05, 0.1) is 17.2 Å². The van der Waals surface area contributed by atoms with Gasteiger partial charge in [-0.15, -0.1) is 0 Å². The number of fused-ring (bicyclic) bond motifs is 2. The van der Waals surface area contributed by atoms with E-state index in [1.165, 1.54) is 11.1 Å². The lowest BCUT2D eigenvalue weighted by Crippen LogP contribution is -2.48. The first-order valence-electron chi connectivity index (χ1n) is 6.86. The third kappa shape index (κ3) is 1.53. The fraction of sp³-hybridized carbons (Fsp3) is 0.267. The number of rotatable bonds is 1. The van der Waals surface area contributed by atoms with Gasteiger partial charge in [-0.2, -0.15) is 0 Å². The second-order valence-corrected chi connectivity index (χ2v) is 5.73. The Bertz CT molecular complexity index is 863. The van der Waals surface area contributed by atoms with Crippen molar-refractivity contribution >= 4 is 29.3 Å². The van der Waals surface area contributed by atoms with Crippen LogP contribution in [0.15, 0.2) is 18.3 Å². The normalized spacial score (nSPS) is 23.2. The van der Waals surface area contributed by atoms with Crippen molar-refractivity contribution in [2.75, 3.05) is 7.05 Å². The molecule has 1 spiro atoms. The highest BCUT2D eigenvalue weighted by Crippen LogP contribution is 2.38. The van der Waals surface area contributed by atoms with Gasteiger partial charge >= 0.3 is 6.03 Å². The molecule has 1 aromatic heterocycles. The molecule has 0 saturated carbocycles. The lowest BCUT2D eigenvalue weighted by atomic mass is 9.95. The Kier molecular flexibility index (Phi) is 2.40. The van der Waals surface area contributed by atoms with E-state index in [1.807, 2.05) is 12.1 Å². The standard InChI is InChI=1S/C15H12N4O3/c1-19-14(22)18-13(21)15(19)4-8-2-11-12(3-9(8)5-15)17-10(7-20)6-16-11/h2-3,6-7H,4-5H2,1H3,(H,18,21,22). The molecule has 1 fully saturated rings. The van der Waals surface area contributed by atoms with Crippen LogP contribution in [0.2, 0.25) is 0 Å². The fourth-order valence-corrected chi connectivity index (χ4v) is 3.28. The Morgan fingerprint density at radius 3 is 2.50 bits per heavy atom.